The van der Waals surface area contributed by atoms with E-state index >= 15 is 0 Å². The minimum atomic E-state index is -0.723. The van der Waals surface area contributed by atoms with Crippen molar-refractivity contribution in [3.05, 3.63) is 16.6 Å². The Hall–Kier alpha value is -1.96. The normalized spacial score (nSPS) is 18.8. The van der Waals surface area contributed by atoms with Gasteiger partial charge in [0.25, 0.3) is 0 Å². The first-order valence-corrected chi connectivity index (χ1v) is 9.61. The molecule has 2 atom stereocenters. The van der Waals surface area contributed by atoms with Crippen molar-refractivity contribution < 1.29 is 23.9 Å². The van der Waals surface area contributed by atoms with Gasteiger partial charge in [0.05, 0.1) is 29.6 Å². The Bertz CT molecular complexity index is 651. The van der Waals surface area contributed by atoms with Gasteiger partial charge in [-0.15, -0.1) is 11.3 Å². The van der Waals surface area contributed by atoms with E-state index in [9.17, 15) is 14.4 Å². The summed E-state index contributed by atoms with van der Waals surface area (Å²) < 4.78 is 10.4. The summed E-state index contributed by atoms with van der Waals surface area (Å²) in [5.74, 6) is -1.55. The third-order valence-corrected chi connectivity index (χ3v) is 4.67. The summed E-state index contributed by atoms with van der Waals surface area (Å²) in [4.78, 5) is 42.8. The van der Waals surface area contributed by atoms with Gasteiger partial charge in [-0.1, -0.05) is 13.8 Å². The maximum Gasteiger partial charge on any atom is 0.416 e. The van der Waals surface area contributed by atoms with Crippen molar-refractivity contribution in [3.8, 4) is 0 Å². The summed E-state index contributed by atoms with van der Waals surface area (Å²) in [7, 11) is 0. The Kier molecular flexibility index (Phi) is 6.39. The molecule has 2 amide bonds. The Labute approximate surface area is 157 Å². The molecule has 1 fully saturated rings. The minimum absolute atomic E-state index is 0.0619. The largest absolute Gasteiger partial charge is 0.460 e. The summed E-state index contributed by atoms with van der Waals surface area (Å²) in [6.45, 7) is 9.35. The summed E-state index contributed by atoms with van der Waals surface area (Å²) in [6.07, 6.45) is -0.487. The molecule has 26 heavy (non-hydrogen) atoms. The monoisotopic (exact) mass is 382 g/mol. The predicted octanol–water partition coefficient (Wildman–Crippen LogP) is 3.04. The Morgan fingerprint density at radius 2 is 2.12 bits per heavy atom. The van der Waals surface area contributed by atoms with Crippen LogP contribution in [0, 0.1) is 11.8 Å². The fraction of sp³-hybridized carbons (Fsp3) is 0.667. The van der Waals surface area contributed by atoms with E-state index in [0.29, 0.717) is 5.69 Å². The number of hydrogen-bond acceptors (Lipinski definition) is 7. The molecule has 0 aliphatic carbocycles. The van der Waals surface area contributed by atoms with Crippen LogP contribution in [0.3, 0.4) is 0 Å². The van der Waals surface area contributed by atoms with E-state index in [1.165, 1.54) is 11.3 Å². The molecule has 0 spiro atoms. The van der Waals surface area contributed by atoms with Crippen molar-refractivity contribution in [1.29, 1.82) is 0 Å². The van der Waals surface area contributed by atoms with Crippen LogP contribution in [0.2, 0.25) is 0 Å². The molecular weight excluding hydrogens is 356 g/mol. The van der Waals surface area contributed by atoms with E-state index in [1.807, 2.05) is 19.2 Å². The fourth-order valence-electron chi connectivity index (χ4n) is 2.80. The number of aromatic nitrogens is 1. The van der Waals surface area contributed by atoms with Crippen LogP contribution in [0.5, 0.6) is 0 Å². The molecule has 8 heteroatoms. The summed E-state index contributed by atoms with van der Waals surface area (Å²) in [5, 5.41) is 1.83. The lowest BCUT2D eigenvalue weighted by Crippen LogP contribution is -2.46. The maximum atomic E-state index is 13.1. The number of amides is 2. The number of ether oxygens (including phenoxy) is 2. The Balaban J connectivity index is 2.20. The van der Waals surface area contributed by atoms with E-state index in [0.717, 1.165) is 4.90 Å². The molecule has 144 valence electrons. The van der Waals surface area contributed by atoms with Crippen molar-refractivity contribution in [2.75, 3.05) is 6.61 Å². The smallest absolute Gasteiger partial charge is 0.416 e. The molecule has 0 radical (unpaired) electrons. The number of nitrogens with zero attached hydrogens (tertiary/aromatic N) is 2. The average Bonchev–Trinajstić information content (AvgIpc) is 3.13. The van der Waals surface area contributed by atoms with Crippen LogP contribution < -0.4 is 0 Å². The van der Waals surface area contributed by atoms with Crippen molar-refractivity contribution >= 4 is 29.3 Å². The second-order valence-corrected chi connectivity index (χ2v) is 8.49. The number of esters is 1. The third kappa shape index (κ3) is 5.27. The van der Waals surface area contributed by atoms with Crippen molar-refractivity contribution in [3.63, 3.8) is 0 Å². The molecule has 0 saturated carbocycles. The number of hydrogen-bond donors (Lipinski definition) is 0. The van der Waals surface area contributed by atoms with Gasteiger partial charge in [-0.05, 0) is 26.7 Å². The van der Waals surface area contributed by atoms with Crippen LogP contribution in [-0.2, 0) is 25.5 Å². The molecule has 2 heterocycles. The lowest BCUT2D eigenvalue weighted by Gasteiger charge is -2.27. The van der Waals surface area contributed by atoms with E-state index in [4.69, 9.17) is 9.47 Å². The minimum Gasteiger partial charge on any atom is -0.460 e. The average molecular weight is 382 g/mol. The molecular formula is C18H26N2O5S. The zero-order valence-corrected chi connectivity index (χ0v) is 16.7. The molecule has 0 aromatic carbocycles. The first-order chi connectivity index (χ1) is 12.1. The first-order valence-electron chi connectivity index (χ1n) is 8.67. The van der Waals surface area contributed by atoms with Crippen LogP contribution in [0.15, 0.2) is 10.9 Å². The molecule has 1 aromatic heterocycles. The first kappa shape index (κ1) is 20.4. The zero-order chi connectivity index (χ0) is 19.5. The second-order valence-electron chi connectivity index (χ2n) is 7.77. The van der Waals surface area contributed by atoms with Gasteiger partial charge in [0.15, 0.2) is 0 Å². The van der Waals surface area contributed by atoms with Gasteiger partial charge < -0.3 is 9.47 Å². The van der Waals surface area contributed by atoms with Crippen LogP contribution in [0.25, 0.3) is 0 Å². The van der Waals surface area contributed by atoms with Gasteiger partial charge in [0, 0.05) is 11.8 Å². The van der Waals surface area contributed by atoms with Gasteiger partial charge in [-0.2, -0.15) is 0 Å². The molecule has 0 bridgehead atoms. The highest BCUT2D eigenvalue weighted by atomic mass is 32.1. The molecule has 1 aliphatic rings. The number of imide groups is 1. The Morgan fingerprint density at radius 3 is 2.65 bits per heavy atom. The molecule has 7 nitrogen and oxygen atoms in total. The topological polar surface area (TPSA) is 85.8 Å². The standard InChI is InChI=1S/C18H26N2O5S/c1-11(2)14-8-24-17(23)20(14)16(22)12(6-13-9-26-10-19-13)7-15(21)25-18(3,4)5/h9-12,14H,6-8H2,1-5H3/t12-,14-/m1/s1. The summed E-state index contributed by atoms with van der Waals surface area (Å²) in [5.41, 5.74) is 1.74. The highest BCUT2D eigenvalue weighted by Gasteiger charge is 2.43. The van der Waals surface area contributed by atoms with Crippen LogP contribution in [-0.4, -0.2) is 46.1 Å². The third-order valence-electron chi connectivity index (χ3n) is 4.03. The van der Waals surface area contributed by atoms with Gasteiger partial charge in [0.1, 0.15) is 12.2 Å². The molecule has 0 unspecified atom stereocenters. The van der Waals surface area contributed by atoms with Gasteiger partial charge >= 0.3 is 12.1 Å². The number of cyclic esters (lactones) is 1. The summed E-state index contributed by atoms with van der Waals surface area (Å²) >= 11 is 1.42. The van der Waals surface area contributed by atoms with E-state index in [-0.39, 0.29) is 31.4 Å². The SMILES string of the molecule is CC(C)[C@H]1COC(=O)N1C(=O)[C@@H](CC(=O)OC(C)(C)C)Cc1cscn1. The Morgan fingerprint density at radius 1 is 1.42 bits per heavy atom. The highest BCUT2D eigenvalue weighted by molar-refractivity contribution is 7.07. The van der Waals surface area contributed by atoms with Crippen molar-refractivity contribution in [2.24, 2.45) is 11.8 Å². The number of carbonyl (C=O) groups is 3. The van der Waals surface area contributed by atoms with E-state index < -0.39 is 29.5 Å². The van der Waals surface area contributed by atoms with E-state index in [2.05, 4.69) is 4.98 Å². The quantitative estimate of drug-likeness (QED) is 0.703. The lowest BCUT2D eigenvalue weighted by atomic mass is 9.95. The van der Waals surface area contributed by atoms with E-state index in [1.54, 1.807) is 26.3 Å². The highest BCUT2D eigenvalue weighted by Crippen LogP contribution is 2.25. The number of carbonyl (C=O) groups excluding carboxylic acids is 3. The zero-order valence-electron chi connectivity index (χ0n) is 15.9. The molecule has 1 saturated heterocycles. The van der Waals surface area contributed by atoms with Crippen molar-refractivity contribution in [1.82, 2.24) is 9.88 Å². The number of thiazole rings is 1. The molecule has 2 rings (SSSR count). The van der Waals surface area contributed by atoms with Crippen molar-refractivity contribution in [2.45, 2.75) is 59.1 Å². The number of rotatable bonds is 6. The van der Waals surface area contributed by atoms with Gasteiger partial charge in [-0.25, -0.2) is 14.7 Å². The maximum absolute atomic E-state index is 13.1. The van der Waals surface area contributed by atoms with Crippen LogP contribution in [0.1, 0.15) is 46.7 Å². The lowest BCUT2D eigenvalue weighted by molar-refractivity contribution is -0.158. The predicted molar refractivity (Wildman–Crippen MR) is 96.6 cm³/mol. The van der Waals surface area contributed by atoms with Crippen LogP contribution >= 0.6 is 11.3 Å². The van der Waals surface area contributed by atoms with Gasteiger partial charge in [-0.3, -0.25) is 9.59 Å². The summed E-state index contributed by atoms with van der Waals surface area (Å²) in [6, 6.07) is -0.327. The molecule has 1 aliphatic heterocycles. The molecule has 1 aromatic rings. The molecule has 0 N–H and O–H groups in total. The fourth-order valence-corrected chi connectivity index (χ4v) is 3.37. The van der Waals surface area contributed by atoms with Gasteiger partial charge in [0.2, 0.25) is 5.91 Å². The second kappa shape index (κ2) is 8.16. The van der Waals surface area contributed by atoms with Crippen LogP contribution in [0.4, 0.5) is 4.79 Å².